The van der Waals surface area contributed by atoms with Crippen molar-refractivity contribution in [2.45, 2.75) is 13.8 Å². The van der Waals surface area contributed by atoms with Crippen LogP contribution in [0.1, 0.15) is 13.8 Å². The molecule has 0 fully saturated rings. The van der Waals surface area contributed by atoms with Crippen molar-refractivity contribution >= 4 is 0 Å². The first-order valence-electron chi connectivity index (χ1n) is 4.04. The van der Waals surface area contributed by atoms with Crippen LogP contribution in [0, 0.1) is 5.92 Å². The Morgan fingerprint density at radius 1 is 1.45 bits per heavy atom. The van der Waals surface area contributed by atoms with Gasteiger partial charge in [-0.05, 0) is 20.0 Å². The fourth-order valence-electron chi connectivity index (χ4n) is 0.607. The molecule has 0 aliphatic carbocycles. The molecule has 1 heteroatoms. The van der Waals surface area contributed by atoms with Gasteiger partial charge in [-0.1, -0.05) is 38.2 Å². The molecule has 0 rings (SSSR count). The van der Waals surface area contributed by atoms with Crippen molar-refractivity contribution in [3.63, 3.8) is 0 Å². The van der Waals surface area contributed by atoms with Gasteiger partial charge in [0, 0.05) is 6.54 Å². The zero-order chi connectivity index (χ0) is 8.85. The van der Waals surface area contributed by atoms with Gasteiger partial charge in [0.15, 0.2) is 0 Å². The molecule has 0 unspecified atom stereocenters. The number of allylic oxidation sites excluding steroid dienone is 2. The predicted octanol–water partition coefficient (Wildman–Crippen LogP) is 2.32. The van der Waals surface area contributed by atoms with Gasteiger partial charge < -0.3 is 4.90 Å². The van der Waals surface area contributed by atoms with E-state index in [9.17, 15) is 0 Å². The van der Waals surface area contributed by atoms with E-state index in [4.69, 9.17) is 0 Å². The fraction of sp³-hybridized carbons (Fsp3) is 0.600. The van der Waals surface area contributed by atoms with Gasteiger partial charge in [-0.2, -0.15) is 0 Å². The zero-order valence-electron chi connectivity index (χ0n) is 8.09. The lowest BCUT2D eigenvalue weighted by Gasteiger charge is -2.06. The second-order valence-corrected chi connectivity index (χ2v) is 3.39. The Balaban J connectivity index is 3.66. The van der Waals surface area contributed by atoms with Gasteiger partial charge in [-0.25, -0.2) is 0 Å². The molecule has 11 heavy (non-hydrogen) atoms. The number of likely N-dealkylation sites (N-methyl/N-ethyl adjacent to an activating group) is 1. The SMILES string of the molecule is C=C(/C=C/CN(C)C)C(C)C. The molecule has 0 N–H and O–H groups in total. The van der Waals surface area contributed by atoms with Crippen molar-refractivity contribution in [2.24, 2.45) is 5.92 Å². The summed E-state index contributed by atoms with van der Waals surface area (Å²) in [5.41, 5.74) is 1.20. The van der Waals surface area contributed by atoms with Crippen LogP contribution >= 0.6 is 0 Å². The van der Waals surface area contributed by atoms with Crippen molar-refractivity contribution in [2.75, 3.05) is 20.6 Å². The Kier molecular flexibility index (Phi) is 4.88. The summed E-state index contributed by atoms with van der Waals surface area (Å²) < 4.78 is 0. The van der Waals surface area contributed by atoms with Crippen LogP contribution in [0.2, 0.25) is 0 Å². The molecule has 0 heterocycles. The molecule has 0 atom stereocenters. The lowest BCUT2D eigenvalue weighted by atomic mass is 10.1. The second-order valence-electron chi connectivity index (χ2n) is 3.39. The molecule has 0 aromatic carbocycles. The molecule has 1 nitrogen and oxygen atoms in total. The Morgan fingerprint density at radius 3 is 2.36 bits per heavy atom. The van der Waals surface area contributed by atoms with Gasteiger partial charge in [-0.3, -0.25) is 0 Å². The molecule has 0 aromatic heterocycles. The average molecular weight is 153 g/mol. The summed E-state index contributed by atoms with van der Waals surface area (Å²) in [6.07, 6.45) is 4.24. The summed E-state index contributed by atoms with van der Waals surface area (Å²) in [5, 5.41) is 0. The van der Waals surface area contributed by atoms with E-state index in [0.717, 1.165) is 6.54 Å². The van der Waals surface area contributed by atoms with Crippen molar-refractivity contribution in [1.82, 2.24) is 4.90 Å². The fourth-order valence-corrected chi connectivity index (χ4v) is 0.607. The van der Waals surface area contributed by atoms with Crippen LogP contribution in [-0.2, 0) is 0 Å². The minimum absolute atomic E-state index is 0.563. The molecule has 0 spiro atoms. The maximum atomic E-state index is 3.95. The van der Waals surface area contributed by atoms with E-state index in [1.54, 1.807) is 0 Å². The van der Waals surface area contributed by atoms with Gasteiger partial charge in [0.2, 0.25) is 0 Å². The van der Waals surface area contributed by atoms with E-state index in [1.165, 1.54) is 5.57 Å². The number of hydrogen-bond donors (Lipinski definition) is 0. The maximum Gasteiger partial charge on any atom is 0.0160 e. The van der Waals surface area contributed by atoms with E-state index in [1.807, 2.05) is 0 Å². The normalized spacial score (nSPS) is 11.8. The van der Waals surface area contributed by atoms with Crippen LogP contribution in [0.5, 0.6) is 0 Å². The highest BCUT2D eigenvalue weighted by Crippen LogP contribution is 2.07. The Bertz CT molecular complexity index is 143. The monoisotopic (exact) mass is 153 g/mol. The number of rotatable bonds is 4. The third-order valence-electron chi connectivity index (χ3n) is 1.54. The molecule has 64 valence electrons. The average Bonchev–Trinajstić information content (AvgIpc) is 1.86. The minimum Gasteiger partial charge on any atom is -0.306 e. The van der Waals surface area contributed by atoms with Crippen LogP contribution in [0.4, 0.5) is 0 Å². The zero-order valence-corrected chi connectivity index (χ0v) is 8.09. The molecular formula is C10H19N. The van der Waals surface area contributed by atoms with Gasteiger partial charge in [0.25, 0.3) is 0 Å². The summed E-state index contributed by atoms with van der Waals surface area (Å²) in [7, 11) is 4.12. The first-order chi connectivity index (χ1) is 5.04. The van der Waals surface area contributed by atoms with Crippen molar-refractivity contribution in [3.8, 4) is 0 Å². The number of nitrogens with zero attached hydrogens (tertiary/aromatic N) is 1. The summed E-state index contributed by atoms with van der Waals surface area (Å²) in [5.74, 6) is 0.563. The lowest BCUT2D eigenvalue weighted by molar-refractivity contribution is 0.456. The third kappa shape index (κ3) is 5.86. The van der Waals surface area contributed by atoms with Crippen molar-refractivity contribution in [1.29, 1.82) is 0 Å². The Hall–Kier alpha value is -0.560. The van der Waals surface area contributed by atoms with Gasteiger partial charge in [-0.15, -0.1) is 0 Å². The van der Waals surface area contributed by atoms with Crippen LogP contribution in [0.25, 0.3) is 0 Å². The smallest absolute Gasteiger partial charge is 0.0160 e. The van der Waals surface area contributed by atoms with E-state index in [-0.39, 0.29) is 0 Å². The highest BCUT2D eigenvalue weighted by atomic mass is 15.0. The predicted molar refractivity (Wildman–Crippen MR) is 51.7 cm³/mol. The third-order valence-corrected chi connectivity index (χ3v) is 1.54. The molecule has 0 aromatic rings. The highest BCUT2D eigenvalue weighted by molar-refractivity contribution is 5.16. The summed E-state index contributed by atoms with van der Waals surface area (Å²) in [4.78, 5) is 2.13. The van der Waals surface area contributed by atoms with Crippen LogP contribution in [0.15, 0.2) is 24.3 Å². The maximum absolute atomic E-state index is 3.95. The largest absolute Gasteiger partial charge is 0.306 e. The van der Waals surface area contributed by atoms with Crippen LogP contribution in [0.3, 0.4) is 0 Å². The molecule has 0 aliphatic rings. The van der Waals surface area contributed by atoms with Crippen molar-refractivity contribution < 1.29 is 0 Å². The lowest BCUT2D eigenvalue weighted by Crippen LogP contribution is -2.10. The summed E-state index contributed by atoms with van der Waals surface area (Å²) in [6, 6.07) is 0. The minimum atomic E-state index is 0.563. The quantitative estimate of drug-likeness (QED) is 0.560. The molecule has 0 amide bonds. The molecule has 0 saturated heterocycles. The van der Waals surface area contributed by atoms with E-state index in [0.29, 0.717) is 5.92 Å². The molecule has 0 saturated carbocycles. The highest BCUT2D eigenvalue weighted by Gasteiger charge is 1.93. The van der Waals surface area contributed by atoms with E-state index in [2.05, 4.69) is 51.6 Å². The topological polar surface area (TPSA) is 3.24 Å². The first kappa shape index (κ1) is 10.4. The Morgan fingerprint density at radius 2 is 2.00 bits per heavy atom. The van der Waals surface area contributed by atoms with Gasteiger partial charge in [0.1, 0.15) is 0 Å². The molecule has 0 bridgehead atoms. The second kappa shape index (κ2) is 5.14. The van der Waals surface area contributed by atoms with E-state index < -0.39 is 0 Å². The van der Waals surface area contributed by atoms with Gasteiger partial charge in [0.05, 0.1) is 0 Å². The standard InChI is InChI=1S/C10H19N/c1-9(2)10(3)7-6-8-11(4)5/h6-7,9H,3,8H2,1-2,4-5H3/b7-6+. The van der Waals surface area contributed by atoms with Crippen LogP contribution < -0.4 is 0 Å². The van der Waals surface area contributed by atoms with Crippen molar-refractivity contribution in [3.05, 3.63) is 24.3 Å². The Labute approximate surface area is 70.4 Å². The molecule has 0 aliphatic heterocycles. The van der Waals surface area contributed by atoms with Crippen LogP contribution in [-0.4, -0.2) is 25.5 Å². The summed E-state index contributed by atoms with van der Waals surface area (Å²) >= 11 is 0. The summed E-state index contributed by atoms with van der Waals surface area (Å²) in [6.45, 7) is 9.25. The first-order valence-corrected chi connectivity index (χ1v) is 4.04. The molecule has 0 radical (unpaired) electrons. The molecular weight excluding hydrogens is 134 g/mol. The van der Waals surface area contributed by atoms with Gasteiger partial charge >= 0.3 is 0 Å². The van der Waals surface area contributed by atoms with E-state index >= 15 is 0 Å². The number of hydrogen-bond acceptors (Lipinski definition) is 1.